The maximum Gasteiger partial charge on any atom is 0.282 e. The van der Waals surface area contributed by atoms with Crippen LogP contribution in [0.3, 0.4) is 0 Å². The Morgan fingerprint density at radius 3 is 2.78 bits per heavy atom. The highest BCUT2D eigenvalue weighted by atomic mass is 35.7. The third kappa shape index (κ3) is 2.52. The van der Waals surface area contributed by atoms with Crippen molar-refractivity contribution >= 4 is 28.9 Å². The summed E-state index contributed by atoms with van der Waals surface area (Å²) in [6, 6.07) is 0. The van der Waals surface area contributed by atoms with Crippen molar-refractivity contribution < 1.29 is 9.05 Å². The van der Waals surface area contributed by atoms with Crippen molar-refractivity contribution in [3.63, 3.8) is 0 Å². The fourth-order valence-corrected chi connectivity index (χ4v) is 2.82. The van der Waals surface area contributed by atoms with E-state index in [1.165, 1.54) is 0 Å². The van der Waals surface area contributed by atoms with E-state index in [1.54, 1.807) is 0 Å². The molecule has 2 atom stereocenters. The lowest BCUT2D eigenvalue weighted by Crippen LogP contribution is -2.14. The maximum atomic E-state index is 5.65. The van der Waals surface area contributed by atoms with Crippen molar-refractivity contribution in [2.24, 2.45) is 0 Å². The van der Waals surface area contributed by atoms with Crippen LogP contribution in [0.25, 0.3) is 0 Å². The number of rotatable bonds is 0. The van der Waals surface area contributed by atoms with E-state index in [4.69, 9.17) is 32.1 Å². The monoisotopic (exact) mass is 186 g/mol. The van der Waals surface area contributed by atoms with Crippen LogP contribution in [0.15, 0.2) is 0 Å². The van der Waals surface area contributed by atoms with Gasteiger partial charge in [0, 0.05) is 0 Å². The molecule has 0 amide bonds. The molecular weight excluding hydrogens is 179 g/mol. The van der Waals surface area contributed by atoms with Gasteiger partial charge in [0.2, 0.25) is 0 Å². The van der Waals surface area contributed by atoms with Gasteiger partial charge in [-0.25, -0.2) is 0 Å². The van der Waals surface area contributed by atoms with Crippen molar-refractivity contribution in [1.82, 2.24) is 0 Å². The normalized spacial score (nSPS) is 44.9. The quantitative estimate of drug-likeness (QED) is 0.541. The van der Waals surface area contributed by atoms with Gasteiger partial charge in [-0.3, -0.25) is 0 Å². The van der Waals surface area contributed by atoms with Crippen LogP contribution in [-0.4, -0.2) is 12.7 Å². The molecule has 0 aromatic carbocycles. The Morgan fingerprint density at radius 1 is 1.78 bits per heavy atom. The molecule has 2 nitrogen and oxygen atoms in total. The summed E-state index contributed by atoms with van der Waals surface area (Å²) in [6.45, 7) is 2.59. The molecule has 0 N–H and O–H groups in total. The maximum absolute atomic E-state index is 5.65. The van der Waals surface area contributed by atoms with E-state index in [1.807, 2.05) is 6.92 Å². The second kappa shape index (κ2) is 2.85. The van der Waals surface area contributed by atoms with Gasteiger partial charge < -0.3 is 9.05 Å². The molecule has 1 heterocycles. The van der Waals surface area contributed by atoms with Gasteiger partial charge in [-0.05, 0) is 36.4 Å². The van der Waals surface area contributed by atoms with E-state index in [2.05, 4.69) is 0 Å². The van der Waals surface area contributed by atoms with Crippen LogP contribution in [0.4, 0.5) is 0 Å². The second-order valence-corrected chi connectivity index (χ2v) is 6.68. The van der Waals surface area contributed by atoms with Crippen molar-refractivity contribution in [1.29, 1.82) is 0 Å². The Morgan fingerprint density at radius 2 is 2.44 bits per heavy atom. The molecule has 0 radical (unpaired) electrons. The Labute approximate surface area is 64.4 Å². The standard InChI is InChI=1S/C4H8ClO2PS/c1-4-2-3-6-8(5,9)7-4/h4H,2-3H2,1H3/t4-,8+/m0/s1. The number of hydrogen-bond acceptors (Lipinski definition) is 3. The topological polar surface area (TPSA) is 18.5 Å². The molecule has 1 fully saturated rings. The summed E-state index contributed by atoms with van der Waals surface area (Å²) in [4.78, 5) is 0. The molecule has 1 rings (SSSR count). The van der Waals surface area contributed by atoms with Crippen molar-refractivity contribution in [3.8, 4) is 0 Å². The minimum atomic E-state index is -2.34. The van der Waals surface area contributed by atoms with E-state index in [-0.39, 0.29) is 6.10 Å². The Hall–Kier alpha value is 0.860. The summed E-state index contributed by atoms with van der Waals surface area (Å²) in [7, 11) is 0. The van der Waals surface area contributed by atoms with Gasteiger partial charge in [-0.15, -0.1) is 0 Å². The van der Waals surface area contributed by atoms with Crippen LogP contribution in [0, 0.1) is 0 Å². The van der Waals surface area contributed by atoms with Crippen LogP contribution < -0.4 is 0 Å². The van der Waals surface area contributed by atoms with E-state index < -0.39 is 5.84 Å². The molecule has 0 aromatic rings. The van der Waals surface area contributed by atoms with E-state index >= 15 is 0 Å². The second-order valence-electron chi connectivity index (χ2n) is 1.97. The largest absolute Gasteiger partial charge is 0.318 e. The SMILES string of the molecule is C[C@H]1CCO[P@](=S)(Cl)O1. The third-order valence-corrected chi connectivity index (χ3v) is 3.28. The molecular formula is C4H8ClO2PS. The summed E-state index contributed by atoms with van der Waals surface area (Å²) in [5, 5.41) is 0. The molecule has 54 valence electrons. The molecule has 1 aliphatic heterocycles. The average Bonchev–Trinajstić information content (AvgIpc) is 1.60. The highest BCUT2D eigenvalue weighted by molar-refractivity contribution is 8.22. The highest BCUT2D eigenvalue weighted by Crippen LogP contribution is 2.57. The fraction of sp³-hybridized carbons (Fsp3) is 1.00. The van der Waals surface area contributed by atoms with Crippen LogP contribution >= 0.6 is 17.1 Å². The van der Waals surface area contributed by atoms with Crippen LogP contribution in [0.5, 0.6) is 0 Å². The van der Waals surface area contributed by atoms with Crippen molar-refractivity contribution in [3.05, 3.63) is 0 Å². The number of halogens is 1. The van der Waals surface area contributed by atoms with Gasteiger partial charge in [-0.1, -0.05) is 0 Å². The molecule has 0 spiro atoms. The third-order valence-electron chi connectivity index (χ3n) is 1.08. The molecule has 5 heteroatoms. The van der Waals surface area contributed by atoms with Gasteiger partial charge >= 0.3 is 0 Å². The predicted molar refractivity (Wildman–Crippen MR) is 41.3 cm³/mol. The van der Waals surface area contributed by atoms with Gasteiger partial charge in [0.05, 0.1) is 12.7 Å². The van der Waals surface area contributed by atoms with Crippen LogP contribution in [-0.2, 0) is 20.9 Å². The van der Waals surface area contributed by atoms with Gasteiger partial charge in [0.1, 0.15) is 0 Å². The summed E-state index contributed by atoms with van der Waals surface area (Å²) < 4.78 is 10.1. The Kier molecular flexibility index (Phi) is 2.52. The first-order valence-electron chi connectivity index (χ1n) is 2.73. The lowest BCUT2D eigenvalue weighted by atomic mass is 10.3. The molecule has 0 saturated carbocycles. The number of hydrogen-bond donors (Lipinski definition) is 0. The molecule has 0 aromatic heterocycles. The molecule has 9 heavy (non-hydrogen) atoms. The minimum absolute atomic E-state index is 0.169. The van der Waals surface area contributed by atoms with E-state index in [0.29, 0.717) is 6.61 Å². The zero-order valence-electron chi connectivity index (χ0n) is 5.04. The lowest BCUT2D eigenvalue weighted by molar-refractivity contribution is 0.127. The smallest absolute Gasteiger partial charge is 0.282 e. The van der Waals surface area contributed by atoms with Gasteiger partial charge in [0.25, 0.3) is 5.84 Å². The fourth-order valence-electron chi connectivity index (χ4n) is 0.626. The highest BCUT2D eigenvalue weighted by Gasteiger charge is 2.23. The van der Waals surface area contributed by atoms with Crippen LogP contribution in [0.2, 0.25) is 0 Å². The zero-order valence-corrected chi connectivity index (χ0v) is 7.51. The molecule has 0 aliphatic carbocycles. The summed E-state index contributed by atoms with van der Waals surface area (Å²) >= 11 is 10.5. The first kappa shape index (κ1) is 7.96. The average molecular weight is 187 g/mol. The summed E-state index contributed by atoms with van der Waals surface area (Å²) in [6.07, 6.45) is 1.06. The van der Waals surface area contributed by atoms with Crippen molar-refractivity contribution in [2.75, 3.05) is 6.61 Å². The Balaban J connectivity index is 2.51. The van der Waals surface area contributed by atoms with E-state index in [0.717, 1.165) is 6.42 Å². The zero-order chi connectivity index (χ0) is 6.91. The summed E-state index contributed by atoms with van der Waals surface area (Å²) in [5.74, 6) is -2.34. The molecule has 0 unspecified atom stereocenters. The minimum Gasteiger partial charge on any atom is -0.318 e. The first-order valence-corrected chi connectivity index (χ1v) is 6.27. The van der Waals surface area contributed by atoms with Crippen LogP contribution in [0.1, 0.15) is 13.3 Å². The Bertz CT molecular complexity index is 152. The van der Waals surface area contributed by atoms with Crippen molar-refractivity contribution in [2.45, 2.75) is 19.4 Å². The van der Waals surface area contributed by atoms with E-state index in [9.17, 15) is 0 Å². The molecule has 1 aliphatic rings. The molecule has 1 saturated heterocycles. The first-order chi connectivity index (χ1) is 4.10. The van der Waals surface area contributed by atoms with Gasteiger partial charge in [0.15, 0.2) is 0 Å². The molecule has 0 bridgehead atoms. The predicted octanol–water partition coefficient (Wildman–Crippen LogP) is 2.28. The summed E-state index contributed by atoms with van der Waals surface area (Å²) in [5.41, 5.74) is 0. The van der Waals surface area contributed by atoms with Gasteiger partial charge in [-0.2, -0.15) is 0 Å². The lowest BCUT2D eigenvalue weighted by Gasteiger charge is -2.25.